The molecule has 20 heavy (non-hydrogen) atoms. The highest BCUT2D eigenvalue weighted by Gasteiger charge is 2.20. The first-order chi connectivity index (χ1) is 9.74. The van der Waals surface area contributed by atoms with Gasteiger partial charge < -0.3 is 19.9 Å². The van der Waals surface area contributed by atoms with Crippen LogP contribution < -0.4 is 10.1 Å². The Hall–Kier alpha value is -1.10. The molecule has 112 valence electrons. The van der Waals surface area contributed by atoms with Gasteiger partial charge in [0.1, 0.15) is 5.75 Å². The molecule has 0 aromatic heterocycles. The van der Waals surface area contributed by atoms with Crippen LogP contribution in [0.15, 0.2) is 18.2 Å². The first-order valence-corrected chi connectivity index (χ1v) is 7.31. The summed E-state index contributed by atoms with van der Waals surface area (Å²) in [7, 11) is 3.32. The van der Waals surface area contributed by atoms with E-state index in [9.17, 15) is 5.11 Å². The molecule has 0 spiro atoms. The van der Waals surface area contributed by atoms with E-state index >= 15 is 0 Å². The fourth-order valence-corrected chi connectivity index (χ4v) is 2.83. The van der Waals surface area contributed by atoms with Crippen LogP contribution in [-0.4, -0.2) is 38.6 Å². The smallest absolute Gasteiger partial charge is 0.119 e. The maximum Gasteiger partial charge on any atom is 0.119 e. The average Bonchev–Trinajstić information content (AvgIpc) is 2.47. The number of hydrogen-bond acceptors (Lipinski definition) is 4. The number of fused-ring (bicyclic) bond motifs is 1. The first-order valence-electron chi connectivity index (χ1n) is 7.31. The van der Waals surface area contributed by atoms with Gasteiger partial charge in [0.05, 0.1) is 19.8 Å². The summed E-state index contributed by atoms with van der Waals surface area (Å²) in [6, 6.07) is 6.72. The van der Waals surface area contributed by atoms with Gasteiger partial charge in [-0.15, -0.1) is 0 Å². The minimum atomic E-state index is -0.383. The minimum Gasteiger partial charge on any atom is -0.497 e. The monoisotopic (exact) mass is 279 g/mol. The third kappa shape index (κ3) is 3.95. The maximum absolute atomic E-state index is 9.66. The SMILES string of the molecule is COCC(O)CCNC1CCCc2cc(OC)ccc21. The van der Waals surface area contributed by atoms with E-state index in [4.69, 9.17) is 9.47 Å². The number of aliphatic hydroxyl groups excluding tert-OH is 1. The van der Waals surface area contributed by atoms with E-state index < -0.39 is 0 Å². The van der Waals surface area contributed by atoms with Gasteiger partial charge in [0.25, 0.3) is 0 Å². The van der Waals surface area contributed by atoms with E-state index in [1.807, 2.05) is 6.07 Å². The van der Waals surface area contributed by atoms with Crippen LogP contribution >= 0.6 is 0 Å². The number of benzene rings is 1. The molecule has 1 aromatic carbocycles. The zero-order chi connectivity index (χ0) is 14.4. The summed E-state index contributed by atoms with van der Waals surface area (Å²) in [6.45, 7) is 1.21. The van der Waals surface area contributed by atoms with Crippen molar-refractivity contribution in [2.45, 2.75) is 37.8 Å². The molecular formula is C16H25NO3. The van der Waals surface area contributed by atoms with Crippen molar-refractivity contribution in [2.24, 2.45) is 0 Å². The van der Waals surface area contributed by atoms with Crippen molar-refractivity contribution in [3.63, 3.8) is 0 Å². The number of rotatable bonds is 7. The molecule has 0 fully saturated rings. The summed E-state index contributed by atoms with van der Waals surface area (Å²) in [4.78, 5) is 0. The van der Waals surface area contributed by atoms with Gasteiger partial charge in [-0.3, -0.25) is 0 Å². The second kappa shape index (κ2) is 7.62. The van der Waals surface area contributed by atoms with Crippen LogP contribution in [0.2, 0.25) is 0 Å². The van der Waals surface area contributed by atoms with Crippen molar-refractivity contribution in [1.82, 2.24) is 5.32 Å². The van der Waals surface area contributed by atoms with Crippen LogP contribution in [0, 0.1) is 0 Å². The summed E-state index contributed by atoms with van der Waals surface area (Å²) >= 11 is 0. The topological polar surface area (TPSA) is 50.7 Å². The molecule has 2 atom stereocenters. The standard InChI is InChI=1S/C16H25NO3/c1-19-11-13(18)8-9-17-16-5-3-4-12-10-14(20-2)6-7-15(12)16/h6-7,10,13,16-18H,3-5,8-9,11H2,1-2H3. The van der Waals surface area contributed by atoms with Gasteiger partial charge >= 0.3 is 0 Å². The normalized spacial score (nSPS) is 19.4. The summed E-state index contributed by atoms with van der Waals surface area (Å²) in [5, 5.41) is 13.2. The maximum atomic E-state index is 9.66. The van der Waals surface area contributed by atoms with Gasteiger partial charge in [0.15, 0.2) is 0 Å². The van der Waals surface area contributed by atoms with E-state index in [1.165, 1.54) is 17.5 Å². The van der Waals surface area contributed by atoms with Crippen molar-refractivity contribution < 1.29 is 14.6 Å². The molecular weight excluding hydrogens is 254 g/mol. The molecule has 0 aliphatic heterocycles. The summed E-state index contributed by atoms with van der Waals surface area (Å²) in [5.41, 5.74) is 2.75. The van der Waals surface area contributed by atoms with E-state index in [1.54, 1.807) is 14.2 Å². The van der Waals surface area contributed by atoms with Gasteiger partial charge in [0.2, 0.25) is 0 Å². The average molecular weight is 279 g/mol. The summed E-state index contributed by atoms with van der Waals surface area (Å²) in [5.74, 6) is 0.930. The molecule has 0 radical (unpaired) electrons. The minimum absolute atomic E-state index is 0.383. The van der Waals surface area contributed by atoms with Crippen LogP contribution in [-0.2, 0) is 11.2 Å². The molecule has 0 bridgehead atoms. The largest absolute Gasteiger partial charge is 0.497 e. The van der Waals surface area contributed by atoms with E-state index in [2.05, 4.69) is 17.4 Å². The second-order valence-corrected chi connectivity index (χ2v) is 5.36. The van der Waals surface area contributed by atoms with Crippen molar-refractivity contribution in [3.05, 3.63) is 29.3 Å². The molecule has 0 heterocycles. The molecule has 1 aromatic rings. The lowest BCUT2D eigenvalue weighted by Crippen LogP contribution is -2.29. The lowest BCUT2D eigenvalue weighted by Gasteiger charge is -2.27. The highest BCUT2D eigenvalue weighted by atomic mass is 16.5. The number of methoxy groups -OCH3 is 2. The molecule has 2 unspecified atom stereocenters. The highest BCUT2D eigenvalue weighted by Crippen LogP contribution is 2.32. The van der Waals surface area contributed by atoms with Gasteiger partial charge in [-0.05, 0) is 55.5 Å². The lowest BCUT2D eigenvalue weighted by atomic mass is 9.87. The van der Waals surface area contributed by atoms with Crippen molar-refractivity contribution in [2.75, 3.05) is 27.4 Å². The zero-order valence-electron chi connectivity index (χ0n) is 12.4. The van der Waals surface area contributed by atoms with E-state index in [-0.39, 0.29) is 6.10 Å². The Morgan fingerprint density at radius 3 is 3.00 bits per heavy atom. The van der Waals surface area contributed by atoms with Crippen LogP contribution in [0.3, 0.4) is 0 Å². The Kier molecular flexibility index (Phi) is 5.83. The molecule has 2 N–H and O–H groups in total. The molecule has 0 saturated heterocycles. The van der Waals surface area contributed by atoms with Gasteiger partial charge in [-0.1, -0.05) is 6.07 Å². The number of aryl methyl sites for hydroxylation is 1. The third-order valence-corrected chi connectivity index (χ3v) is 3.89. The highest BCUT2D eigenvalue weighted by molar-refractivity contribution is 5.39. The van der Waals surface area contributed by atoms with Crippen molar-refractivity contribution >= 4 is 0 Å². The molecule has 0 amide bonds. The third-order valence-electron chi connectivity index (χ3n) is 3.89. The Morgan fingerprint density at radius 2 is 2.25 bits per heavy atom. The summed E-state index contributed by atoms with van der Waals surface area (Å²) < 4.78 is 10.2. The number of nitrogens with one attached hydrogen (secondary N) is 1. The summed E-state index contributed by atoms with van der Waals surface area (Å²) in [6.07, 6.45) is 3.80. The lowest BCUT2D eigenvalue weighted by molar-refractivity contribution is 0.0588. The number of hydrogen-bond donors (Lipinski definition) is 2. The van der Waals surface area contributed by atoms with Crippen LogP contribution in [0.5, 0.6) is 5.75 Å². The molecule has 4 heteroatoms. The van der Waals surface area contributed by atoms with Crippen LogP contribution in [0.25, 0.3) is 0 Å². The van der Waals surface area contributed by atoms with Gasteiger partial charge in [-0.2, -0.15) is 0 Å². The predicted octanol–water partition coefficient (Wildman–Crippen LogP) is 2.06. The van der Waals surface area contributed by atoms with Crippen LogP contribution in [0.1, 0.15) is 36.4 Å². The van der Waals surface area contributed by atoms with Crippen molar-refractivity contribution in [1.29, 1.82) is 0 Å². The van der Waals surface area contributed by atoms with Crippen LogP contribution in [0.4, 0.5) is 0 Å². The number of ether oxygens (including phenoxy) is 2. The van der Waals surface area contributed by atoms with Gasteiger partial charge in [-0.25, -0.2) is 0 Å². The Morgan fingerprint density at radius 1 is 1.40 bits per heavy atom. The first kappa shape index (κ1) is 15.3. The fraction of sp³-hybridized carbons (Fsp3) is 0.625. The van der Waals surface area contributed by atoms with E-state index in [0.29, 0.717) is 12.6 Å². The second-order valence-electron chi connectivity index (χ2n) is 5.36. The van der Waals surface area contributed by atoms with Crippen molar-refractivity contribution in [3.8, 4) is 5.75 Å². The molecule has 2 rings (SSSR count). The molecule has 1 aliphatic carbocycles. The Balaban J connectivity index is 1.91. The molecule has 1 aliphatic rings. The predicted molar refractivity (Wildman–Crippen MR) is 79.2 cm³/mol. The molecule has 4 nitrogen and oxygen atoms in total. The quantitative estimate of drug-likeness (QED) is 0.802. The Bertz CT molecular complexity index is 422. The zero-order valence-corrected chi connectivity index (χ0v) is 12.4. The Labute approximate surface area is 121 Å². The molecule has 0 saturated carbocycles. The van der Waals surface area contributed by atoms with E-state index in [0.717, 1.165) is 31.6 Å². The van der Waals surface area contributed by atoms with Gasteiger partial charge in [0, 0.05) is 13.2 Å². The number of aliphatic hydroxyl groups is 1. The fourth-order valence-electron chi connectivity index (χ4n) is 2.83.